The third-order valence-corrected chi connectivity index (χ3v) is 17.2. The van der Waals surface area contributed by atoms with E-state index in [9.17, 15) is 48.3 Å². The van der Waals surface area contributed by atoms with Crippen molar-refractivity contribution in [3.63, 3.8) is 0 Å². The Balaban J connectivity index is 1.35. The molecule has 19 nitrogen and oxygen atoms in total. The number of imide groups is 1. The van der Waals surface area contributed by atoms with Crippen LogP contribution in [0.5, 0.6) is 0 Å². The Morgan fingerprint density at radius 3 is 2.31 bits per heavy atom. The summed E-state index contributed by atoms with van der Waals surface area (Å²) in [6.45, 7) is 11.6. The third kappa shape index (κ3) is 18.0. The number of rotatable bonds is 28. The molecule has 0 bridgehead atoms. The van der Waals surface area contributed by atoms with Gasteiger partial charge in [0.1, 0.15) is 16.7 Å². The second-order valence-corrected chi connectivity index (χ2v) is 22.9. The molecule has 2 aliphatic rings. The standard InChI is InChI=1S/C50H74N8O11S2.Al.2H/c1-9-30(4)44(55-46(64)37-15-12-14-21-56(37)7)49(66)57(8)38(29(2)3)25-39(69-32(6)59)47-54-36(28-71-47)45(63)53-35(23-31(5)50(67)68)24-33-17-19-34(20-18-33)52-42(61)27-51-41(60)16-11-10-13-22-58-43(62)26-40(70)48(58)65;;;/h17-20,28-31,35,37-40,44,70H,9-16,21-27H2,1-8H3,(H,51,60)(H,52,61)(H,53,63)(H,55,64)(H,67,68);;;/q;+1;;/p-1/t30-,31?,35+,37+,38+,39+,40?,44-;;;/m0.../s1. The van der Waals surface area contributed by atoms with Gasteiger partial charge in [0.15, 0.2) is 6.10 Å². The Hall–Kier alpha value is -4.88. The normalized spacial score (nSPS) is 18.6. The van der Waals surface area contributed by atoms with Gasteiger partial charge in [-0.25, -0.2) is 4.98 Å². The second kappa shape index (κ2) is 29.1. The Morgan fingerprint density at radius 1 is 0.986 bits per heavy atom. The molecule has 0 radical (unpaired) electrons. The summed E-state index contributed by atoms with van der Waals surface area (Å²) in [4.78, 5) is 125. The summed E-state index contributed by atoms with van der Waals surface area (Å²) >= 11 is 1.91. The first-order chi connectivity index (χ1) is 34.1. The Labute approximate surface area is 438 Å². The zero-order valence-corrected chi connectivity index (χ0v) is 47.0. The zero-order chi connectivity index (χ0) is 53.2. The highest BCUT2D eigenvalue weighted by Crippen LogP contribution is 2.31. The fraction of sp³-hybridized carbons (Fsp3) is 0.640. The third-order valence-electron chi connectivity index (χ3n) is 13.6. The number of ether oxygens (including phenoxy) is 1. The molecule has 0 aliphatic carbocycles. The molecule has 7 amide bonds. The van der Waals surface area contributed by atoms with Crippen molar-refractivity contribution in [3.05, 3.63) is 45.9 Å². The molecule has 22 heteroatoms. The number of likely N-dealkylation sites (tertiary alicyclic amines) is 2. The molecule has 2 saturated heterocycles. The molecule has 72 heavy (non-hydrogen) atoms. The Morgan fingerprint density at radius 2 is 1.69 bits per heavy atom. The van der Waals surface area contributed by atoms with E-state index in [0.29, 0.717) is 42.9 Å². The van der Waals surface area contributed by atoms with Crippen molar-refractivity contribution in [2.45, 2.75) is 154 Å². The number of amides is 7. The molecule has 2 fully saturated rings. The van der Waals surface area contributed by atoms with E-state index in [1.165, 1.54) is 22.0 Å². The molecule has 4 rings (SSSR count). The van der Waals surface area contributed by atoms with Gasteiger partial charge in [-0.05, 0) is 81.6 Å². The van der Waals surface area contributed by atoms with E-state index in [1.54, 1.807) is 48.5 Å². The van der Waals surface area contributed by atoms with Gasteiger partial charge in [-0.2, -0.15) is 0 Å². The number of nitrogens with one attached hydrogen (secondary N) is 4. The number of nitrogens with zero attached hydrogens (tertiary/aromatic N) is 4. The van der Waals surface area contributed by atoms with Crippen LogP contribution in [0.4, 0.5) is 5.69 Å². The van der Waals surface area contributed by atoms with Gasteiger partial charge in [-0.15, -0.1) is 11.3 Å². The average Bonchev–Trinajstić information content (AvgIpc) is 3.94. The number of piperidine rings is 1. The van der Waals surface area contributed by atoms with Crippen molar-refractivity contribution in [3.8, 4) is 0 Å². The molecule has 1 aromatic heterocycles. The average molecular weight is 1060 g/mol. The minimum atomic E-state index is -1.03. The summed E-state index contributed by atoms with van der Waals surface area (Å²) in [7, 11) is 5.12. The van der Waals surface area contributed by atoms with E-state index in [1.807, 2.05) is 39.6 Å². The van der Waals surface area contributed by atoms with E-state index in [4.69, 9.17) is 4.74 Å². The molecule has 2 aromatic rings. The van der Waals surface area contributed by atoms with Crippen molar-refractivity contribution in [2.75, 3.05) is 39.0 Å². The number of hydrogen-bond acceptors (Lipinski definition) is 14. The van der Waals surface area contributed by atoms with Crippen molar-refractivity contribution in [1.82, 2.24) is 35.6 Å². The van der Waals surface area contributed by atoms with Crippen molar-refractivity contribution in [2.24, 2.45) is 17.8 Å². The van der Waals surface area contributed by atoms with Gasteiger partial charge in [0.2, 0.25) is 35.4 Å². The van der Waals surface area contributed by atoms with Crippen LogP contribution in [0, 0.1) is 17.8 Å². The maximum absolute atomic E-state index is 14.3. The predicted octanol–water partition coefficient (Wildman–Crippen LogP) is 4.11. The second-order valence-electron chi connectivity index (χ2n) is 19.5. The van der Waals surface area contributed by atoms with Crippen LogP contribution in [0.25, 0.3) is 0 Å². The van der Waals surface area contributed by atoms with Gasteiger partial charge in [-0.1, -0.05) is 66.0 Å². The number of carbonyl (C=O) groups is 9. The van der Waals surface area contributed by atoms with Crippen molar-refractivity contribution >= 4 is 95.6 Å². The first kappa shape index (κ1) is 59.7. The number of unbranched alkanes of at least 4 members (excludes halogenated alkanes) is 2. The van der Waals surface area contributed by atoms with Crippen LogP contribution in [0.2, 0.25) is 0 Å². The summed E-state index contributed by atoms with van der Waals surface area (Å²) in [5.74, 6) is -4.66. The number of carboxylic acid groups (broad SMARTS) is 1. The van der Waals surface area contributed by atoms with Crippen LogP contribution >= 0.6 is 21.5 Å². The summed E-state index contributed by atoms with van der Waals surface area (Å²) < 4.78 is 5.80. The van der Waals surface area contributed by atoms with Crippen LogP contribution in [0.1, 0.15) is 139 Å². The van der Waals surface area contributed by atoms with Crippen LogP contribution < -0.4 is 21.3 Å². The monoisotopic (exact) mass is 1050 g/mol. The van der Waals surface area contributed by atoms with Crippen LogP contribution in [0.15, 0.2) is 29.6 Å². The first-order valence-electron chi connectivity index (χ1n) is 25.1. The number of hydrogen-bond donors (Lipinski definition) is 5. The molecule has 5 N–H and O–H groups in total. The maximum atomic E-state index is 14.3. The molecule has 1 aromatic carbocycles. The minimum Gasteiger partial charge on any atom is -0.481 e. The van der Waals surface area contributed by atoms with E-state index >= 15 is 0 Å². The summed E-state index contributed by atoms with van der Waals surface area (Å²) in [6, 6.07) is 4.65. The van der Waals surface area contributed by atoms with Gasteiger partial charge in [0.25, 0.3) is 5.91 Å². The lowest BCUT2D eigenvalue weighted by molar-refractivity contribution is -0.149. The topological polar surface area (TPSA) is 254 Å². The smallest absolute Gasteiger partial charge is 0.306 e. The largest absolute Gasteiger partial charge is 0.481 e. The highest BCUT2D eigenvalue weighted by Gasteiger charge is 2.39. The van der Waals surface area contributed by atoms with E-state index < -0.39 is 53.9 Å². The Kier molecular flexibility index (Phi) is 24.1. The number of thiazole rings is 1. The molecule has 2 aliphatic heterocycles. The molecule has 3 heterocycles. The van der Waals surface area contributed by atoms with Gasteiger partial charge >= 0.3 is 27.1 Å². The van der Waals surface area contributed by atoms with Gasteiger partial charge in [-0.3, -0.25) is 63.1 Å². The lowest BCUT2D eigenvalue weighted by Gasteiger charge is -2.38. The minimum absolute atomic E-state index is 0.0430. The van der Waals surface area contributed by atoms with E-state index in [2.05, 4.69) is 26.3 Å². The first-order valence-corrected chi connectivity index (χ1v) is 29.7. The fourth-order valence-electron chi connectivity index (χ4n) is 9.02. The molecular weight excluding hydrogens is 980 g/mol. The highest BCUT2D eigenvalue weighted by molar-refractivity contribution is 8.20. The molecule has 396 valence electrons. The molecule has 0 spiro atoms. The maximum Gasteiger partial charge on any atom is 0.306 e. The summed E-state index contributed by atoms with van der Waals surface area (Å²) in [5.41, 5.74) is 1.26. The number of carbonyl (C=O) groups excluding carboxylic acids is 8. The number of carboxylic acids is 1. The SMILES string of the molecule is CC[C@H](C)[C@H](NC(=O)[C@H]1CCCCN1C)C(=O)N(C)[C@H](C[C@@H](OC(C)=O)c1nc(C(=O)N[C@@H](Cc2ccc(NC(=O)CNC(=O)CCCCCN3C(=O)CC([S][AlH2])C3=O)cc2)CC(C)C(=O)O)cs1)C(C)C. The van der Waals surface area contributed by atoms with E-state index in [0.717, 1.165) is 57.9 Å². The van der Waals surface area contributed by atoms with Crippen LogP contribution in [0.3, 0.4) is 0 Å². The number of likely N-dealkylation sites (N-methyl/N-ethyl adjacent to an activating group) is 2. The zero-order valence-electron chi connectivity index (χ0n) is 43.3. The summed E-state index contributed by atoms with van der Waals surface area (Å²) in [6.07, 6.45) is 5.17. The number of aromatic nitrogens is 1. The molecule has 8 atom stereocenters. The lowest BCUT2D eigenvalue weighted by atomic mass is 9.92. The van der Waals surface area contributed by atoms with Gasteiger partial charge in [0, 0.05) is 62.9 Å². The van der Waals surface area contributed by atoms with Crippen LogP contribution in [-0.4, -0.2) is 156 Å². The number of anilines is 1. The number of benzene rings is 1. The lowest BCUT2D eigenvalue weighted by Crippen LogP contribution is -2.58. The van der Waals surface area contributed by atoms with Crippen molar-refractivity contribution in [1.29, 1.82) is 0 Å². The molecular formula is C50H75AlN8O11S2. The molecule has 0 saturated carbocycles. The Bertz CT molecular complexity index is 2210. The number of aliphatic carboxylic acids is 1. The fourth-order valence-corrected chi connectivity index (χ4v) is 11.6. The summed E-state index contributed by atoms with van der Waals surface area (Å²) in [5, 5.41) is 22.8. The molecule has 2 unspecified atom stereocenters. The van der Waals surface area contributed by atoms with Crippen LogP contribution in [-0.2, 0) is 49.5 Å². The quantitative estimate of drug-likeness (QED) is 0.0348. The van der Waals surface area contributed by atoms with Gasteiger partial charge in [0.05, 0.1) is 23.8 Å². The number of esters is 1. The van der Waals surface area contributed by atoms with Gasteiger partial charge < -0.3 is 36.0 Å². The highest BCUT2D eigenvalue weighted by atomic mass is 32.3. The van der Waals surface area contributed by atoms with E-state index in [-0.39, 0.29) is 97.0 Å². The van der Waals surface area contributed by atoms with Crippen molar-refractivity contribution < 1.29 is 53.0 Å². The predicted molar refractivity (Wildman–Crippen MR) is 278 cm³/mol.